The number of rotatable bonds is 8. The molecular weight excluding hydrogens is 478 g/mol. The molecule has 0 aliphatic carbocycles. The minimum Gasteiger partial charge on any atom is -0.378 e. The number of nitrogens with zero attached hydrogens (tertiary/aromatic N) is 3. The standard InChI is InChI=1S/C27H28ClN5OS/c1-17-13-14-21(15-23(17)28)29-16-24-31-32-27(33(24)22-11-6-5-7-12-22)35-20(4)26(34)30-25-18(2)9-8-10-19(25)3/h5-15,20,29H,16H2,1-4H3,(H,30,34)/t20-/m1/s1. The van der Waals surface area contributed by atoms with E-state index in [-0.39, 0.29) is 11.2 Å². The zero-order chi connectivity index (χ0) is 24.9. The van der Waals surface area contributed by atoms with Crippen LogP contribution < -0.4 is 10.6 Å². The maximum absolute atomic E-state index is 13.0. The van der Waals surface area contributed by atoms with E-state index in [0.29, 0.717) is 16.7 Å². The van der Waals surface area contributed by atoms with E-state index in [1.807, 2.05) is 99.0 Å². The van der Waals surface area contributed by atoms with Gasteiger partial charge in [-0.1, -0.05) is 65.8 Å². The summed E-state index contributed by atoms with van der Waals surface area (Å²) in [6.45, 7) is 8.29. The van der Waals surface area contributed by atoms with Crippen LogP contribution >= 0.6 is 23.4 Å². The Morgan fingerprint density at radius 1 is 0.971 bits per heavy atom. The van der Waals surface area contributed by atoms with Crippen molar-refractivity contribution < 1.29 is 4.79 Å². The second kappa shape index (κ2) is 11.0. The third-order valence-corrected chi connectivity index (χ3v) is 7.17. The van der Waals surface area contributed by atoms with E-state index in [4.69, 9.17) is 11.6 Å². The van der Waals surface area contributed by atoms with Gasteiger partial charge >= 0.3 is 0 Å². The molecule has 1 atom stereocenters. The highest BCUT2D eigenvalue weighted by Crippen LogP contribution is 2.28. The molecule has 0 fully saturated rings. The van der Waals surface area contributed by atoms with Crippen molar-refractivity contribution in [2.75, 3.05) is 10.6 Å². The van der Waals surface area contributed by atoms with Crippen molar-refractivity contribution >= 4 is 40.6 Å². The average molecular weight is 506 g/mol. The number of carbonyl (C=O) groups is 1. The second-order valence-electron chi connectivity index (χ2n) is 8.40. The molecule has 0 bridgehead atoms. The van der Waals surface area contributed by atoms with Crippen LogP contribution in [0.25, 0.3) is 5.69 Å². The summed E-state index contributed by atoms with van der Waals surface area (Å²) in [5.74, 6) is 0.654. The Labute approximate surface area is 215 Å². The molecule has 0 unspecified atom stereocenters. The van der Waals surface area contributed by atoms with Gasteiger partial charge in [0.15, 0.2) is 11.0 Å². The molecule has 3 aromatic carbocycles. The highest BCUT2D eigenvalue weighted by molar-refractivity contribution is 8.00. The SMILES string of the molecule is Cc1ccc(NCc2nnc(S[C@H](C)C(=O)Nc3c(C)cccc3C)n2-c2ccccc2)cc1Cl. The van der Waals surface area contributed by atoms with Crippen molar-refractivity contribution in [1.29, 1.82) is 0 Å². The number of nitrogens with one attached hydrogen (secondary N) is 2. The van der Waals surface area contributed by atoms with Crippen LogP contribution in [-0.4, -0.2) is 25.9 Å². The summed E-state index contributed by atoms with van der Waals surface area (Å²) in [5.41, 5.74) is 5.78. The van der Waals surface area contributed by atoms with E-state index in [1.54, 1.807) is 0 Å². The molecule has 4 rings (SSSR count). The van der Waals surface area contributed by atoms with E-state index in [0.717, 1.165) is 39.6 Å². The first kappa shape index (κ1) is 24.8. The lowest BCUT2D eigenvalue weighted by atomic mass is 10.1. The van der Waals surface area contributed by atoms with Crippen molar-refractivity contribution in [2.45, 2.75) is 44.6 Å². The van der Waals surface area contributed by atoms with Crippen LogP contribution in [0.2, 0.25) is 5.02 Å². The summed E-state index contributed by atoms with van der Waals surface area (Å²) < 4.78 is 1.98. The molecule has 1 aromatic heterocycles. The summed E-state index contributed by atoms with van der Waals surface area (Å²) in [7, 11) is 0. The average Bonchev–Trinajstić information content (AvgIpc) is 3.25. The number of hydrogen-bond donors (Lipinski definition) is 2. The largest absolute Gasteiger partial charge is 0.378 e. The molecule has 2 N–H and O–H groups in total. The van der Waals surface area contributed by atoms with Crippen molar-refractivity contribution in [3.8, 4) is 5.69 Å². The molecule has 0 saturated heterocycles. The first-order valence-electron chi connectivity index (χ1n) is 11.4. The number of halogens is 1. The summed E-state index contributed by atoms with van der Waals surface area (Å²) in [4.78, 5) is 13.0. The minimum absolute atomic E-state index is 0.0796. The van der Waals surface area contributed by atoms with Crippen LogP contribution in [0.1, 0.15) is 29.4 Å². The lowest BCUT2D eigenvalue weighted by molar-refractivity contribution is -0.115. The summed E-state index contributed by atoms with van der Waals surface area (Å²) in [6, 6.07) is 21.7. The fraction of sp³-hybridized carbons (Fsp3) is 0.222. The van der Waals surface area contributed by atoms with Crippen molar-refractivity contribution in [3.63, 3.8) is 0 Å². The smallest absolute Gasteiger partial charge is 0.237 e. The molecule has 6 nitrogen and oxygen atoms in total. The number of aromatic nitrogens is 3. The van der Waals surface area contributed by atoms with Crippen LogP contribution in [0.3, 0.4) is 0 Å². The third kappa shape index (κ3) is 5.86. The van der Waals surface area contributed by atoms with E-state index >= 15 is 0 Å². The zero-order valence-electron chi connectivity index (χ0n) is 20.2. The van der Waals surface area contributed by atoms with Crippen LogP contribution in [0.4, 0.5) is 11.4 Å². The number of aryl methyl sites for hydroxylation is 3. The molecule has 0 spiro atoms. The van der Waals surface area contributed by atoms with Crippen LogP contribution in [-0.2, 0) is 11.3 Å². The van der Waals surface area contributed by atoms with Gasteiger partial charge in [0, 0.05) is 22.1 Å². The predicted molar refractivity (Wildman–Crippen MR) is 145 cm³/mol. The van der Waals surface area contributed by atoms with Crippen LogP contribution in [0.15, 0.2) is 71.9 Å². The van der Waals surface area contributed by atoms with Gasteiger partial charge in [0.2, 0.25) is 5.91 Å². The highest BCUT2D eigenvalue weighted by atomic mass is 35.5. The molecular formula is C27H28ClN5OS. The summed E-state index contributed by atoms with van der Waals surface area (Å²) >= 11 is 7.66. The Hall–Kier alpha value is -3.29. The topological polar surface area (TPSA) is 71.8 Å². The fourth-order valence-electron chi connectivity index (χ4n) is 3.66. The Morgan fingerprint density at radius 2 is 1.69 bits per heavy atom. The van der Waals surface area contributed by atoms with Gasteiger partial charge in [0.25, 0.3) is 0 Å². The van der Waals surface area contributed by atoms with Crippen LogP contribution in [0, 0.1) is 20.8 Å². The molecule has 4 aromatic rings. The zero-order valence-corrected chi connectivity index (χ0v) is 21.7. The monoisotopic (exact) mass is 505 g/mol. The lowest BCUT2D eigenvalue weighted by Gasteiger charge is -2.16. The van der Waals surface area contributed by atoms with Gasteiger partial charge in [-0.3, -0.25) is 9.36 Å². The molecule has 35 heavy (non-hydrogen) atoms. The first-order chi connectivity index (χ1) is 16.8. The molecule has 0 saturated carbocycles. The Bertz CT molecular complexity index is 1320. The van der Waals surface area contributed by atoms with Gasteiger partial charge in [-0.15, -0.1) is 10.2 Å². The highest BCUT2D eigenvalue weighted by Gasteiger charge is 2.22. The number of thioether (sulfide) groups is 1. The van der Waals surface area contributed by atoms with Gasteiger partial charge in [-0.05, 0) is 68.7 Å². The van der Waals surface area contributed by atoms with Gasteiger partial charge in [-0.2, -0.15) is 0 Å². The second-order valence-corrected chi connectivity index (χ2v) is 10.1. The summed E-state index contributed by atoms with van der Waals surface area (Å²) in [6.07, 6.45) is 0. The molecule has 1 heterocycles. The van der Waals surface area contributed by atoms with Gasteiger partial charge < -0.3 is 10.6 Å². The Balaban J connectivity index is 1.55. The van der Waals surface area contributed by atoms with E-state index in [9.17, 15) is 4.79 Å². The molecule has 0 aliphatic heterocycles. The number of benzene rings is 3. The van der Waals surface area contributed by atoms with Gasteiger partial charge in [0.1, 0.15) is 0 Å². The van der Waals surface area contributed by atoms with E-state index in [1.165, 1.54) is 11.8 Å². The van der Waals surface area contributed by atoms with Crippen molar-refractivity contribution in [1.82, 2.24) is 14.8 Å². The number of amides is 1. The third-order valence-electron chi connectivity index (χ3n) is 5.72. The minimum atomic E-state index is -0.377. The first-order valence-corrected chi connectivity index (χ1v) is 12.6. The predicted octanol–water partition coefficient (Wildman–Crippen LogP) is 6.58. The number of hydrogen-bond acceptors (Lipinski definition) is 5. The van der Waals surface area contributed by atoms with Crippen LogP contribution in [0.5, 0.6) is 0 Å². The van der Waals surface area contributed by atoms with Crippen molar-refractivity contribution in [3.05, 3.63) is 94.3 Å². The lowest BCUT2D eigenvalue weighted by Crippen LogP contribution is -2.24. The Morgan fingerprint density at radius 3 is 2.37 bits per heavy atom. The normalized spacial score (nSPS) is 11.8. The maximum Gasteiger partial charge on any atom is 0.237 e. The number of carbonyl (C=O) groups excluding carboxylic acids is 1. The van der Waals surface area contributed by atoms with E-state index < -0.39 is 0 Å². The molecule has 8 heteroatoms. The number of para-hydroxylation sites is 2. The van der Waals surface area contributed by atoms with Gasteiger partial charge in [0.05, 0.1) is 11.8 Å². The maximum atomic E-state index is 13.0. The van der Waals surface area contributed by atoms with Gasteiger partial charge in [-0.25, -0.2) is 0 Å². The molecule has 0 aliphatic rings. The molecule has 0 radical (unpaired) electrons. The summed E-state index contributed by atoms with van der Waals surface area (Å²) in [5, 5.41) is 16.3. The van der Waals surface area contributed by atoms with E-state index in [2.05, 4.69) is 20.8 Å². The quantitative estimate of drug-likeness (QED) is 0.265. The fourth-order valence-corrected chi connectivity index (χ4v) is 4.73. The molecule has 180 valence electrons. The van der Waals surface area contributed by atoms with Crippen molar-refractivity contribution in [2.24, 2.45) is 0 Å². The Kier molecular flexibility index (Phi) is 7.78. The number of anilines is 2. The molecule has 1 amide bonds.